The smallest absolute Gasteiger partial charge is 0.327 e. The van der Waals surface area contributed by atoms with Gasteiger partial charge in [0.25, 0.3) is 0 Å². The van der Waals surface area contributed by atoms with E-state index < -0.39 is 5.97 Å². The average Bonchev–Trinajstić information content (AvgIpc) is 2.63. The van der Waals surface area contributed by atoms with Gasteiger partial charge in [0.05, 0.1) is 0 Å². The number of carbonyl (C=O) groups excluding carboxylic acids is 2. The molecule has 0 bridgehead atoms. The molecule has 5 nitrogen and oxygen atoms in total. The van der Waals surface area contributed by atoms with Gasteiger partial charge in [-0.3, -0.25) is 14.6 Å². The van der Waals surface area contributed by atoms with E-state index in [1.165, 1.54) is 0 Å². The lowest BCUT2D eigenvalue weighted by Gasteiger charge is -2.26. The van der Waals surface area contributed by atoms with E-state index >= 15 is 0 Å². The summed E-state index contributed by atoms with van der Waals surface area (Å²) in [6.07, 6.45) is 8.03. The molecule has 1 aromatic heterocycles. The summed E-state index contributed by atoms with van der Waals surface area (Å²) in [5, 5.41) is 8.67. The fraction of sp³-hybridized carbons (Fsp3) is 0.333. The quantitative estimate of drug-likeness (QED) is 0.458. The first kappa shape index (κ1) is 19.5. The topological polar surface area (TPSA) is 84.3 Å². The minimum Gasteiger partial charge on any atom is -0.478 e. The molecule has 5 heteroatoms. The number of aliphatic carboxylic acids is 1. The lowest BCUT2D eigenvalue weighted by atomic mass is 9.76. The van der Waals surface area contributed by atoms with Gasteiger partial charge in [0.2, 0.25) is 0 Å². The van der Waals surface area contributed by atoms with Gasteiger partial charge in [-0.2, -0.15) is 0 Å². The lowest BCUT2D eigenvalue weighted by Crippen LogP contribution is -2.24. The number of pyridine rings is 1. The second-order valence-corrected chi connectivity index (χ2v) is 6.46. The predicted octanol–water partition coefficient (Wildman–Crippen LogP) is 3.78. The van der Waals surface area contributed by atoms with Crippen molar-refractivity contribution >= 4 is 17.5 Å². The summed E-state index contributed by atoms with van der Waals surface area (Å²) in [4.78, 5) is 40.1. The molecule has 0 aromatic carbocycles. The summed E-state index contributed by atoms with van der Waals surface area (Å²) in [7, 11) is 0. The zero-order chi connectivity index (χ0) is 19.3. The Morgan fingerprint density at radius 2 is 1.85 bits per heavy atom. The standard InChI is InChI=1S/C21H23NO4/c1-13-14(2)21(26)19(15(3)20(13)25)17(16-8-7-11-22-12-16)9-5-4-6-10-18(23)24/h6-8,10-12,17H,4-5,9H2,1-3H3,(H,23,24). The monoisotopic (exact) mass is 353 g/mol. The molecule has 1 N–H and O–H groups in total. The van der Waals surface area contributed by atoms with Crippen molar-refractivity contribution in [1.29, 1.82) is 0 Å². The molecule has 1 aliphatic carbocycles. The maximum Gasteiger partial charge on any atom is 0.327 e. The van der Waals surface area contributed by atoms with Crippen LogP contribution in [0.2, 0.25) is 0 Å². The van der Waals surface area contributed by atoms with Gasteiger partial charge in [-0.15, -0.1) is 0 Å². The Balaban J connectivity index is 2.34. The molecule has 0 saturated carbocycles. The van der Waals surface area contributed by atoms with Crippen molar-refractivity contribution in [3.63, 3.8) is 0 Å². The van der Waals surface area contributed by atoms with E-state index in [0.29, 0.717) is 41.6 Å². The predicted molar refractivity (Wildman–Crippen MR) is 98.7 cm³/mol. The molecule has 0 amide bonds. The molecule has 1 atom stereocenters. The summed E-state index contributed by atoms with van der Waals surface area (Å²) in [6, 6.07) is 3.72. The number of carboxylic acids is 1. The largest absolute Gasteiger partial charge is 0.478 e. The van der Waals surface area contributed by atoms with E-state index in [4.69, 9.17) is 5.11 Å². The number of ketones is 2. The van der Waals surface area contributed by atoms with Crippen LogP contribution in [0.5, 0.6) is 0 Å². The number of carboxylic acid groups (broad SMARTS) is 1. The molecule has 0 aliphatic heterocycles. The molecule has 1 unspecified atom stereocenters. The number of Topliss-reactive ketones (excluding diaryl/α,β-unsaturated/α-hetero) is 2. The van der Waals surface area contributed by atoms with Gasteiger partial charge in [-0.05, 0) is 51.7 Å². The number of hydrogen-bond acceptors (Lipinski definition) is 4. The lowest BCUT2D eigenvalue weighted by molar-refractivity contribution is -0.131. The number of carbonyl (C=O) groups is 3. The molecule has 1 aliphatic rings. The maximum absolute atomic E-state index is 12.9. The number of nitrogens with zero attached hydrogens (tertiary/aromatic N) is 1. The van der Waals surface area contributed by atoms with Gasteiger partial charge in [-0.1, -0.05) is 12.1 Å². The van der Waals surface area contributed by atoms with E-state index in [0.717, 1.165) is 11.6 Å². The number of aromatic nitrogens is 1. The molecule has 0 radical (unpaired) electrons. The van der Waals surface area contributed by atoms with Crippen molar-refractivity contribution in [3.8, 4) is 0 Å². The van der Waals surface area contributed by atoms with Gasteiger partial charge in [0.15, 0.2) is 11.6 Å². The molecule has 26 heavy (non-hydrogen) atoms. The zero-order valence-electron chi connectivity index (χ0n) is 15.3. The number of unbranched alkanes of at least 4 members (excludes halogenated alkanes) is 1. The van der Waals surface area contributed by atoms with Gasteiger partial charge >= 0.3 is 5.97 Å². The second-order valence-electron chi connectivity index (χ2n) is 6.46. The summed E-state index contributed by atoms with van der Waals surface area (Å²) in [5.41, 5.74) is 2.92. The third-order valence-corrected chi connectivity index (χ3v) is 4.79. The number of hydrogen-bond donors (Lipinski definition) is 1. The number of allylic oxidation sites excluding steroid dienone is 5. The van der Waals surface area contributed by atoms with Crippen LogP contribution in [0, 0.1) is 0 Å². The Morgan fingerprint density at radius 1 is 1.15 bits per heavy atom. The fourth-order valence-corrected chi connectivity index (χ4v) is 3.22. The normalized spacial score (nSPS) is 16.6. The molecule has 2 rings (SSSR count). The molecular weight excluding hydrogens is 330 g/mol. The zero-order valence-corrected chi connectivity index (χ0v) is 15.3. The van der Waals surface area contributed by atoms with Crippen molar-refractivity contribution in [2.75, 3.05) is 0 Å². The first-order valence-corrected chi connectivity index (χ1v) is 8.61. The minimum absolute atomic E-state index is 0.0863. The Kier molecular flexibility index (Phi) is 6.39. The van der Waals surface area contributed by atoms with Crippen molar-refractivity contribution in [2.45, 2.75) is 46.0 Å². The third-order valence-electron chi connectivity index (χ3n) is 4.79. The summed E-state index contributed by atoms with van der Waals surface area (Å²) in [6.45, 7) is 5.09. The summed E-state index contributed by atoms with van der Waals surface area (Å²) in [5.74, 6) is -1.38. The SMILES string of the molecule is CC1=C(C)C(=O)C(C(CCCC=CC(=O)O)c2cccnc2)=C(C)C1=O. The first-order chi connectivity index (χ1) is 12.3. The van der Waals surface area contributed by atoms with E-state index in [2.05, 4.69) is 4.98 Å². The summed E-state index contributed by atoms with van der Waals surface area (Å²) >= 11 is 0. The van der Waals surface area contributed by atoms with Crippen molar-refractivity contribution in [3.05, 3.63) is 64.5 Å². The van der Waals surface area contributed by atoms with Crippen LogP contribution in [-0.4, -0.2) is 27.6 Å². The van der Waals surface area contributed by atoms with Crippen molar-refractivity contribution in [2.24, 2.45) is 0 Å². The fourth-order valence-electron chi connectivity index (χ4n) is 3.22. The molecule has 1 aromatic rings. The van der Waals surface area contributed by atoms with E-state index in [1.807, 2.05) is 12.1 Å². The first-order valence-electron chi connectivity index (χ1n) is 8.61. The Hall–Kier alpha value is -2.82. The Morgan fingerprint density at radius 3 is 2.46 bits per heavy atom. The maximum atomic E-state index is 12.9. The van der Waals surface area contributed by atoms with Crippen molar-refractivity contribution in [1.82, 2.24) is 4.98 Å². The highest BCUT2D eigenvalue weighted by atomic mass is 16.4. The third kappa shape index (κ3) is 4.23. The van der Waals surface area contributed by atoms with Gasteiger partial charge < -0.3 is 5.11 Å². The molecule has 0 saturated heterocycles. The van der Waals surface area contributed by atoms with Gasteiger partial charge in [0, 0.05) is 46.7 Å². The highest BCUT2D eigenvalue weighted by Crippen LogP contribution is 2.37. The molecular formula is C21H23NO4. The van der Waals surface area contributed by atoms with Crippen molar-refractivity contribution < 1.29 is 19.5 Å². The minimum atomic E-state index is -0.975. The van der Waals surface area contributed by atoms with Gasteiger partial charge in [0.1, 0.15) is 0 Å². The van der Waals surface area contributed by atoms with Gasteiger partial charge in [-0.25, -0.2) is 4.79 Å². The molecule has 1 heterocycles. The van der Waals surface area contributed by atoms with Crippen LogP contribution in [0.4, 0.5) is 0 Å². The molecule has 136 valence electrons. The van der Waals surface area contributed by atoms with Crippen LogP contribution in [0.1, 0.15) is 51.5 Å². The Labute approximate surface area is 153 Å². The molecule has 0 spiro atoms. The van der Waals surface area contributed by atoms with Crippen LogP contribution < -0.4 is 0 Å². The summed E-state index contributed by atoms with van der Waals surface area (Å²) < 4.78 is 0. The van der Waals surface area contributed by atoms with E-state index in [-0.39, 0.29) is 17.5 Å². The second kappa shape index (κ2) is 8.52. The Bertz CT molecular complexity index is 816. The average molecular weight is 353 g/mol. The van der Waals surface area contributed by atoms with Crippen LogP contribution in [0.3, 0.4) is 0 Å². The number of rotatable bonds is 7. The van der Waals surface area contributed by atoms with E-state index in [1.54, 1.807) is 39.2 Å². The van der Waals surface area contributed by atoms with Crippen LogP contribution >= 0.6 is 0 Å². The van der Waals surface area contributed by atoms with Crippen LogP contribution in [-0.2, 0) is 14.4 Å². The van der Waals surface area contributed by atoms with Crippen LogP contribution in [0.25, 0.3) is 0 Å². The molecule has 0 fully saturated rings. The highest BCUT2D eigenvalue weighted by molar-refractivity contribution is 6.25. The van der Waals surface area contributed by atoms with E-state index in [9.17, 15) is 14.4 Å². The highest BCUT2D eigenvalue weighted by Gasteiger charge is 2.33. The van der Waals surface area contributed by atoms with Crippen LogP contribution in [0.15, 0.2) is 59.0 Å².